The standard InChI is InChI=1S/C32H27FN4O5S/c1-34-32(38)30-25-16-24(20-7-14-26-28(15-20)37(18-35-26)22-10-12-23(41-3)13-11-22)27(36(2)43(4,39)40)17-29(25)42-31(30)19-5-8-21(33)9-6-19/h5-18H,1-4H3,(H,34,38). The van der Waals surface area contributed by atoms with E-state index in [-0.39, 0.29) is 11.3 Å². The van der Waals surface area contributed by atoms with Crippen LogP contribution in [0.4, 0.5) is 10.1 Å². The average molecular weight is 599 g/mol. The number of benzene rings is 4. The molecule has 0 saturated heterocycles. The number of carbonyl (C=O) groups is 1. The third-order valence-electron chi connectivity index (χ3n) is 7.41. The van der Waals surface area contributed by atoms with E-state index in [1.165, 1.54) is 42.7 Å². The molecule has 9 nitrogen and oxygen atoms in total. The SMILES string of the molecule is CNC(=O)c1c(-c2ccc(F)cc2)oc2cc(N(C)S(C)(=O)=O)c(-c3ccc4ncn(-c5ccc(OC)cc5)c4c3)cc12. The summed E-state index contributed by atoms with van der Waals surface area (Å²) in [5.41, 5.74) is 5.06. The van der Waals surface area contributed by atoms with E-state index in [9.17, 15) is 17.6 Å². The van der Waals surface area contributed by atoms with Crippen molar-refractivity contribution < 1.29 is 26.8 Å². The minimum absolute atomic E-state index is 0.243. The van der Waals surface area contributed by atoms with Gasteiger partial charge in [-0.15, -0.1) is 0 Å². The number of hydrogen-bond donors (Lipinski definition) is 1. The van der Waals surface area contributed by atoms with E-state index in [0.29, 0.717) is 33.3 Å². The van der Waals surface area contributed by atoms with Gasteiger partial charge in [-0.05, 0) is 72.3 Å². The lowest BCUT2D eigenvalue weighted by molar-refractivity contribution is 0.0964. The Kier molecular flexibility index (Phi) is 6.89. The number of methoxy groups -OCH3 is 1. The number of fused-ring (bicyclic) bond motifs is 2. The van der Waals surface area contributed by atoms with Gasteiger partial charge in [0.1, 0.15) is 29.2 Å². The van der Waals surface area contributed by atoms with Crippen molar-refractivity contribution in [2.75, 3.05) is 31.8 Å². The van der Waals surface area contributed by atoms with E-state index in [1.54, 1.807) is 25.6 Å². The third-order valence-corrected chi connectivity index (χ3v) is 8.60. The maximum Gasteiger partial charge on any atom is 0.255 e. The van der Waals surface area contributed by atoms with Crippen LogP contribution in [0.15, 0.2) is 89.6 Å². The number of aromatic nitrogens is 2. The highest BCUT2D eigenvalue weighted by Gasteiger charge is 2.26. The molecular formula is C32H27FN4O5S. The van der Waals surface area contributed by atoms with Crippen LogP contribution < -0.4 is 14.4 Å². The average Bonchev–Trinajstić information content (AvgIpc) is 3.60. The summed E-state index contributed by atoms with van der Waals surface area (Å²) in [7, 11) is 0.893. The number of anilines is 1. The number of sulfonamides is 1. The number of hydrogen-bond acceptors (Lipinski definition) is 6. The van der Waals surface area contributed by atoms with Crippen LogP contribution in [0.25, 0.3) is 50.1 Å². The first-order valence-electron chi connectivity index (χ1n) is 13.2. The van der Waals surface area contributed by atoms with Crippen molar-refractivity contribution >= 4 is 43.6 Å². The van der Waals surface area contributed by atoms with Crippen molar-refractivity contribution in [3.05, 3.63) is 96.6 Å². The Morgan fingerprint density at radius 2 is 1.70 bits per heavy atom. The molecule has 1 N–H and O–H groups in total. The molecule has 1 amide bonds. The smallest absolute Gasteiger partial charge is 0.255 e. The van der Waals surface area contributed by atoms with Crippen molar-refractivity contribution in [3.63, 3.8) is 0 Å². The van der Waals surface area contributed by atoms with Crippen LogP contribution in [0.2, 0.25) is 0 Å². The minimum atomic E-state index is -3.68. The lowest BCUT2D eigenvalue weighted by Crippen LogP contribution is -2.25. The molecule has 0 bridgehead atoms. The van der Waals surface area contributed by atoms with Gasteiger partial charge in [0.2, 0.25) is 10.0 Å². The van der Waals surface area contributed by atoms with Crippen molar-refractivity contribution in [2.24, 2.45) is 0 Å². The van der Waals surface area contributed by atoms with Crippen molar-refractivity contribution in [1.82, 2.24) is 14.9 Å². The fourth-order valence-corrected chi connectivity index (χ4v) is 5.59. The molecule has 0 unspecified atom stereocenters. The summed E-state index contributed by atoms with van der Waals surface area (Å²) in [4.78, 5) is 17.7. The van der Waals surface area contributed by atoms with Gasteiger partial charge >= 0.3 is 0 Å². The quantitative estimate of drug-likeness (QED) is 0.241. The van der Waals surface area contributed by atoms with Gasteiger partial charge in [0.25, 0.3) is 5.91 Å². The minimum Gasteiger partial charge on any atom is -0.497 e. The van der Waals surface area contributed by atoms with Crippen LogP contribution in [-0.4, -0.2) is 51.3 Å². The summed E-state index contributed by atoms with van der Waals surface area (Å²) in [5.74, 6) is 0.140. The first-order valence-corrected chi connectivity index (χ1v) is 15.1. The monoisotopic (exact) mass is 598 g/mol. The molecule has 0 saturated carbocycles. The number of imidazole rings is 1. The van der Waals surface area contributed by atoms with Crippen LogP contribution in [0.1, 0.15) is 10.4 Å². The van der Waals surface area contributed by atoms with Crippen LogP contribution in [0, 0.1) is 5.82 Å². The van der Waals surface area contributed by atoms with Crippen LogP contribution in [0.5, 0.6) is 5.75 Å². The zero-order valence-corrected chi connectivity index (χ0v) is 24.6. The summed E-state index contributed by atoms with van der Waals surface area (Å²) in [6.07, 6.45) is 2.84. The van der Waals surface area contributed by atoms with E-state index < -0.39 is 21.7 Å². The molecule has 11 heteroatoms. The Morgan fingerprint density at radius 1 is 1.00 bits per heavy atom. The second kappa shape index (κ2) is 10.6. The van der Waals surface area contributed by atoms with E-state index >= 15 is 0 Å². The lowest BCUT2D eigenvalue weighted by atomic mass is 9.98. The number of halogens is 1. The Hall–Kier alpha value is -5.16. The van der Waals surface area contributed by atoms with Gasteiger partial charge in [0.15, 0.2) is 0 Å². The number of nitrogens with one attached hydrogen (secondary N) is 1. The molecule has 0 atom stereocenters. The summed E-state index contributed by atoms with van der Waals surface area (Å²) in [6, 6.07) is 22.2. The van der Waals surface area contributed by atoms with E-state index in [1.807, 2.05) is 47.0 Å². The molecular weight excluding hydrogens is 571 g/mol. The van der Waals surface area contributed by atoms with Crippen LogP contribution >= 0.6 is 0 Å². The topological polar surface area (TPSA) is 107 Å². The molecule has 2 aromatic heterocycles. The number of amides is 1. The zero-order chi connectivity index (χ0) is 30.5. The van der Waals surface area contributed by atoms with Crippen molar-refractivity contribution in [2.45, 2.75) is 0 Å². The zero-order valence-electron chi connectivity index (χ0n) is 23.8. The van der Waals surface area contributed by atoms with Crippen molar-refractivity contribution in [1.29, 1.82) is 0 Å². The number of rotatable bonds is 7. The predicted octanol–water partition coefficient (Wildman–Crippen LogP) is 6.01. The lowest BCUT2D eigenvalue weighted by Gasteiger charge is -2.21. The van der Waals surface area contributed by atoms with E-state index in [0.717, 1.165) is 28.7 Å². The Balaban J connectivity index is 1.61. The molecule has 0 radical (unpaired) electrons. The number of nitrogens with zero attached hydrogens (tertiary/aromatic N) is 3. The second-order valence-corrected chi connectivity index (χ2v) is 12.0. The molecule has 0 spiro atoms. The van der Waals surface area contributed by atoms with Gasteiger partial charge in [-0.2, -0.15) is 0 Å². The largest absolute Gasteiger partial charge is 0.497 e. The second-order valence-electron chi connectivity index (χ2n) is 10.0. The highest BCUT2D eigenvalue weighted by molar-refractivity contribution is 7.92. The fourth-order valence-electron chi connectivity index (χ4n) is 5.08. The highest BCUT2D eigenvalue weighted by Crippen LogP contribution is 2.42. The molecule has 0 fully saturated rings. The summed E-state index contributed by atoms with van der Waals surface area (Å²) in [5, 5.41) is 3.13. The van der Waals surface area contributed by atoms with Gasteiger partial charge in [-0.3, -0.25) is 13.7 Å². The summed E-state index contributed by atoms with van der Waals surface area (Å²) in [6.45, 7) is 0. The van der Waals surface area contributed by atoms with Crippen LogP contribution in [-0.2, 0) is 10.0 Å². The molecule has 6 rings (SSSR count). The van der Waals surface area contributed by atoms with Gasteiger partial charge < -0.3 is 14.5 Å². The molecule has 0 aliphatic heterocycles. The Labute approximate surface area is 247 Å². The number of furan rings is 1. The molecule has 218 valence electrons. The molecule has 43 heavy (non-hydrogen) atoms. The first kappa shape index (κ1) is 28.0. The van der Waals surface area contributed by atoms with E-state index in [2.05, 4.69) is 10.3 Å². The molecule has 0 aliphatic rings. The van der Waals surface area contributed by atoms with Gasteiger partial charge in [-0.25, -0.2) is 17.8 Å². The Bertz CT molecular complexity index is 2120. The Morgan fingerprint density at radius 3 is 2.35 bits per heavy atom. The maximum absolute atomic E-state index is 13.7. The molecule has 6 aromatic rings. The van der Waals surface area contributed by atoms with E-state index in [4.69, 9.17) is 9.15 Å². The number of carbonyl (C=O) groups excluding carboxylic acids is 1. The molecule has 0 aliphatic carbocycles. The van der Waals surface area contributed by atoms with Crippen molar-refractivity contribution in [3.8, 4) is 33.9 Å². The normalized spacial score (nSPS) is 11.7. The summed E-state index contributed by atoms with van der Waals surface area (Å²) < 4.78 is 53.8. The third kappa shape index (κ3) is 4.97. The van der Waals surface area contributed by atoms with Gasteiger partial charge in [0.05, 0.1) is 35.6 Å². The maximum atomic E-state index is 13.7. The summed E-state index contributed by atoms with van der Waals surface area (Å²) >= 11 is 0. The predicted molar refractivity (Wildman–Crippen MR) is 165 cm³/mol. The van der Waals surface area contributed by atoms with Gasteiger partial charge in [0, 0.05) is 42.4 Å². The fraction of sp³-hybridized carbons (Fsp3) is 0.125. The van der Waals surface area contributed by atoms with Gasteiger partial charge in [-0.1, -0.05) is 6.07 Å². The van der Waals surface area contributed by atoms with Crippen LogP contribution in [0.3, 0.4) is 0 Å². The molecule has 2 heterocycles. The molecule has 4 aromatic carbocycles. The first-order chi connectivity index (χ1) is 20.6. The number of ether oxygens (including phenoxy) is 1. The highest BCUT2D eigenvalue weighted by atomic mass is 32.2.